The lowest BCUT2D eigenvalue weighted by Gasteiger charge is -2.48. The molecular formula is C20H36Cl2O3. The third-order valence-electron chi connectivity index (χ3n) is 5.81. The molecule has 2 aliphatic carbocycles. The molecule has 0 aromatic carbocycles. The second kappa shape index (κ2) is 12.0. The molecule has 0 aromatic rings. The normalized spacial score (nSPS) is 22.8. The van der Waals surface area contributed by atoms with Gasteiger partial charge in [-0.25, -0.2) is 0 Å². The van der Waals surface area contributed by atoms with Crippen LogP contribution in [0, 0.1) is 0 Å². The highest BCUT2D eigenvalue weighted by Gasteiger charge is 2.42. The Hall–Kier alpha value is 0.460. The minimum atomic E-state index is -0.00557. The average Bonchev–Trinajstić information content (AvgIpc) is 2.64. The van der Waals surface area contributed by atoms with E-state index in [0.29, 0.717) is 25.0 Å². The molecule has 0 aromatic heterocycles. The van der Waals surface area contributed by atoms with E-state index < -0.39 is 0 Å². The van der Waals surface area contributed by atoms with Crippen LogP contribution in [0.5, 0.6) is 0 Å². The fourth-order valence-corrected chi connectivity index (χ4v) is 4.71. The highest BCUT2D eigenvalue weighted by Crippen LogP contribution is 2.44. The van der Waals surface area contributed by atoms with Crippen molar-refractivity contribution >= 4 is 23.2 Å². The van der Waals surface area contributed by atoms with E-state index in [0.717, 1.165) is 26.1 Å². The molecular weight excluding hydrogens is 359 g/mol. The fraction of sp³-hybridized carbons (Fsp3) is 1.00. The molecule has 0 radical (unpaired) electrons. The van der Waals surface area contributed by atoms with E-state index in [4.69, 9.17) is 37.4 Å². The lowest BCUT2D eigenvalue weighted by atomic mass is 9.78. The molecule has 2 aliphatic rings. The van der Waals surface area contributed by atoms with E-state index in [2.05, 4.69) is 0 Å². The van der Waals surface area contributed by atoms with Crippen molar-refractivity contribution in [3.05, 3.63) is 0 Å². The second-order valence-electron chi connectivity index (χ2n) is 7.69. The number of halogens is 2. The molecule has 25 heavy (non-hydrogen) atoms. The molecule has 0 bridgehead atoms. The highest BCUT2D eigenvalue weighted by atomic mass is 35.5. The molecule has 0 atom stereocenters. The Morgan fingerprint density at radius 1 is 0.560 bits per heavy atom. The Kier molecular flexibility index (Phi) is 10.5. The van der Waals surface area contributed by atoms with Gasteiger partial charge in [0.15, 0.2) is 0 Å². The molecule has 5 heteroatoms. The lowest BCUT2D eigenvalue weighted by molar-refractivity contribution is -0.198. The van der Waals surface area contributed by atoms with Crippen molar-refractivity contribution in [2.24, 2.45) is 0 Å². The Labute approximate surface area is 164 Å². The summed E-state index contributed by atoms with van der Waals surface area (Å²) < 4.78 is 18.4. The van der Waals surface area contributed by atoms with Crippen molar-refractivity contribution in [1.82, 2.24) is 0 Å². The topological polar surface area (TPSA) is 27.7 Å². The molecule has 3 nitrogen and oxygen atoms in total. The van der Waals surface area contributed by atoms with Crippen LogP contribution >= 0.6 is 23.2 Å². The minimum Gasteiger partial charge on any atom is -0.380 e. The Morgan fingerprint density at radius 3 is 1.32 bits per heavy atom. The SMILES string of the molecule is ClCCOCCC1(OC2(CCOCCCl)CCCCC2)CCCCC1. The summed E-state index contributed by atoms with van der Waals surface area (Å²) in [5.74, 6) is 1.13. The van der Waals surface area contributed by atoms with E-state index >= 15 is 0 Å². The van der Waals surface area contributed by atoms with Gasteiger partial charge in [-0.05, 0) is 38.5 Å². The van der Waals surface area contributed by atoms with Gasteiger partial charge in [-0.2, -0.15) is 0 Å². The highest BCUT2D eigenvalue weighted by molar-refractivity contribution is 6.18. The van der Waals surface area contributed by atoms with Gasteiger partial charge in [-0.1, -0.05) is 38.5 Å². The third-order valence-corrected chi connectivity index (χ3v) is 6.12. The Balaban J connectivity index is 1.97. The summed E-state index contributed by atoms with van der Waals surface area (Å²) >= 11 is 11.5. The van der Waals surface area contributed by atoms with Gasteiger partial charge < -0.3 is 14.2 Å². The summed E-state index contributed by atoms with van der Waals surface area (Å²) in [5, 5.41) is 0. The maximum absolute atomic E-state index is 7.04. The van der Waals surface area contributed by atoms with Gasteiger partial charge in [0.2, 0.25) is 0 Å². The number of ether oxygens (including phenoxy) is 3. The van der Waals surface area contributed by atoms with Crippen LogP contribution in [-0.4, -0.2) is 49.4 Å². The van der Waals surface area contributed by atoms with Crippen LogP contribution in [-0.2, 0) is 14.2 Å². The molecule has 0 saturated heterocycles. The van der Waals surface area contributed by atoms with Gasteiger partial charge in [0.05, 0.1) is 24.4 Å². The largest absolute Gasteiger partial charge is 0.380 e. The summed E-state index contributed by atoms with van der Waals surface area (Å²) in [5.41, 5.74) is -0.0111. The van der Waals surface area contributed by atoms with Crippen molar-refractivity contribution in [2.45, 2.75) is 88.3 Å². The van der Waals surface area contributed by atoms with Crippen molar-refractivity contribution < 1.29 is 14.2 Å². The summed E-state index contributed by atoms with van der Waals surface area (Å²) in [4.78, 5) is 0. The van der Waals surface area contributed by atoms with E-state index in [1.807, 2.05) is 0 Å². The van der Waals surface area contributed by atoms with Crippen LogP contribution in [0.2, 0.25) is 0 Å². The zero-order chi connectivity index (χ0) is 17.8. The predicted octanol–water partition coefficient (Wildman–Crippen LogP) is 5.70. The average molecular weight is 395 g/mol. The Morgan fingerprint density at radius 2 is 0.960 bits per heavy atom. The number of rotatable bonds is 12. The van der Waals surface area contributed by atoms with Gasteiger partial charge in [0.25, 0.3) is 0 Å². The first-order chi connectivity index (χ1) is 12.2. The van der Waals surface area contributed by atoms with Gasteiger partial charge in [0.1, 0.15) is 0 Å². The summed E-state index contributed by atoms with van der Waals surface area (Å²) in [7, 11) is 0. The summed E-state index contributed by atoms with van der Waals surface area (Å²) in [6.07, 6.45) is 14.4. The van der Waals surface area contributed by atoms with Gasteiger partial charge in [-0.15, -0.1) is 23.2 Å². The molecule has 2 fully saturated rings. The maximum Gasteiger partial charge on any atom is 0.0712 e. The summed E-state index contributed by atoms with van der Waals surface area (Å²) in [6.45, 7) is 2.78. The zero-order valence-corrected chi connectivity index (χ0v) is 17.2. The number of hydrogen-bond acceptors (Lipinski definition) is 3. The van der Waals surface area contributed by atoms with Crippen LogP contribution < -0.4 is 0 Å². The van der Waals surface area contributed by atoms with E-state index in [9.17, 15) is 0 Å². The van der Waals surface area contributed by atoms with Crippen molar-refractivity contribution in [2.75, 3.05) is 38.2 Å². The molecule has 2 rings (SSSR count). The van der Waals surface area contributed by atoms with Crippen LogP contribution in [0.1, 0.15) is 77.0 Å². The van der Waals surface area contributed by atoms with Crippen molar-refractivity contribution in [3.63, 3.8) is 0 Å². The van der Waals surface area contributed by atoms with Gasteiger partial charge in [-0.3, -0.25) is 0 Å². The molecule has 0 unspecified atom stereocenters. The predicted molar refractivity (Wildman–Crippen MR) is 105 cm³/mol. The Bertz CT molecular complexity index is 308. The fourth-order valence-electron chi connectivity index (χ4n) is 4.49. The van der Waals surface area contributed by atoms with E-state index in [1.165, 1.54) is 64.2 Å². The second-order valence-corrected chi connectivity index (χ2v) is 8.45. The standard InChI is InChI=1S/C20H36Cl2O3/c21-13-17-23-15-11-19(7-3-1-4-8-19)25-20(9-5-2-6-10-20)12-16-24-18-14-22/h1-18H2. The van der Waals surface area contributed by atoms with Crippen LogP contribution in [0.3, 0.4) is 0 Å². The van der Waals surface area contributed by atoms with Gasteiger partial charge >= 0.3 is 0 Å². The third kappa shape index (κ3) is 7.54. The van der Waals surface area contributed by atoms with Crippen LogP contribution in [0.25, 0.3) is 0 Å². The molecule has 0 spiro atoms. The first kappa shape index (κ1) is 21.8. The maximum atomic E-state index is 7.04. The van der Waals surface area contributed by atoms with Crippen molar-refractivity contribution in [1.29, 1.82) is 0 Å². The van der Waals surface area contributed by atoms with E-state index in [1.54, 1.807) is 0 Å². The minimum absolute atomic E-state index is 0.00557. The van der Waals surface area contributed by atoms with Gasteiger partial charge in [0, 0.05) is 25.0 Å². The zero-order valence-electron chi connectivity index (χ0n) is 15.7. The molecule has 2 saturated carbocycles. The first-order valence-corrected chi connectivity index (χ1v) is 11.3. The summed E-state index contributed by atoms with van der Waals surface area (Å²) in [6, 6.07) is 0. The van der Waals surface area contributed by atoms with Crippen molar-refractivity contribution in [3.8, 4) is 0 Å². The molecule has 0 N–H and O–H groups in total. The quantitative estimate of drug-likeness (QED) is 0.313. The monoisotopic (exact) mass is 394 g/mol. The number of alkyl halides is 2. The van der Waals surface area contributed by atoms with Crippen LogP contribution in [0.15, 0.2) is 0 Å². The number of hydrogen-bond donors (Lipinski definition) is 0. The smallest absolute Gasteiger partial charge is 0.0712 e. The molecule has 0 amide bonds. The molecule has 0 aliphatic heterocycles. The molecule has 0 heterocycles. The van der Waals surface area contributed by atoms with Crippen LogP contribution in [0.4, 0.5) is 0 Å². The van der Waals surface area contributed by atoms with E-state index in [-0.39, 0.29) is 11.2 Å². The first-order valence-electron chi connectivity index (χ1n) is 10.2. The molecule has 148 valence electrons. The lowest BCUT2D eigenvalue weighted by Crippen LogP contribution is -2.48.